The number of carbonyl (C=O) groups is 1. The maximum absolute atomic E-state index is 12.2. The summed E-state index contributed by atoms with van der Waals surface area (Å²) in [6.45, 7) is 2.49. The molecular formula is C17H14ClN3O3. The van der Waals surface area contributed by atoms with Crippen LogP contribution in [-0.4, -0.2) is 22.7 Å². The van der Waals surface area contributed by atoms with E-state index in [1.807, 2.05) is 6.92 Å². The fourth-order valence-corrected chi connectivity index (χ4v) is 2.26. The van der Waals surface area contributed by atoms with Crippen LogP contribution in [-0.2, 0) is 0 Å². The Labute approximate surface area is 143 Å². The van der Waals surface area contributed by atoms with Crippen molar-refractivity contribution in [1.82, 2.24) is 10.2 Å². The Balaban J connectivity index is 1.73. The van der Waals surface area contributed by atoms with E-state index in [2.05, 4.69) is 15.5 Å². The first-order chi connectivity index (χ1) is 11.7. The number of hydrogen-bond acceptors (Lipinski definition) is 5. The molecule has 0 saturated carbocycles. The highest BCUT2D eigenvalue weighted by atomic mass is 35.5. The van der Waals surface area contributed by atoms with Gasteiger partial charge in [0.15, 0.2) is 0 Å². The van der Waals surface area contributed by atoms with Gasteiger partial charge in [0.05, 0.1) is 17.2 Å². The molecule has 122 valence electrons. The maximum Gasteiger partial charge on any atom is 0.313 e. The molecule has 0 aliphatic carbocycles. The summed E-state index contributed by atoms with van der Waals surface area (Å²) in [4.78, 5) is 12.2. The van der Waals surface area contributed by atoms with Gasteiger partial charge in [-0.3, -0.25) is 4.79 Å². The Kier molecular flexibility index (Phi) is 4.77. The third-order valence-electron chi connectivity index (χ3n) is 3.15. The molecule has 0 bridgehead atoms. The van der Waals surface area contributed by atoms with Crippen molar-refractivity contribution >= 4 is 23.2 Å². The first-order valence-corrected chi connectivity index (χ1v) is 7.68. The van der Waals surface area contributed by atoms with Gasteiger partial charge in [0.25, 0.3) is 0 Å². The molecule has 0 atom stereocenters. The average Bonchev–Trinajstić information content (AvgIpc) is 3.07. The van der Waals surface area contributed by atoms with E-state index in [1.54, 1.807) is 48.5 Å². The second-order valence-corrected chi connectivity index (χ2v) is 5.21. The first kappa shape index (κ1) is 16.0. The summed E-state index contributed by atoms with van der Waals surface area (Å²) in [5.41, 5.74) is 1.17. The fraction of sp³-hybridized carbons (Fsp3) is 0.118. The summed E-state index contributed by atoms with van der Waals surface area (Å²) in [7, 11) is 0. The van der Waals surface area contributed by atoms with Crippen molar-refractivity contribution in [3.8, 4) is 17.2 Å². The molecule has 0 aliphatic rings. The number of carbonyl (C=O) groups excluding carboxylic acids is 1. The molecule has 0 saturated heterocycles. The number of hydrogen-bond donors (Lipinski definition) is 1. The standard InChI is InChI=1S/C17H14ClN3O3/c1-2-23-12-9-7-11(8-10-12)19-15(22)17-21-20-16(24-17)13-5-3-4-6-14(13)18/h3-10H,2H2,1H3,(H,19,22). The Morgan fingerprint density at radius 2 is 1.92 bits per heavy atom. The monoisotopic (exact) mass is 343 g/mol. The minimum absolute atomic E-state index is 0.140. The van der Waals surface area contributed by atoms with E-state index in [4.69, 9.17) is 20.8 Å². The maximum atomic E-state index is 12.2. The molecule has 0 spiro atoms. The van der Waals surface area contributed by atoms with Crippen LogP contribution in [0.15, 0.2) is 52.9 Å². The molecule has 7 heteroatoms. The van der Waals surface area contributed by atoms with E-state index < -0.39 is 5.91 Å². The van der Waals surface area contributed by atoms with Gasteiger partial charge in [-0.25, -0.2) is 0 Å². The number of rotatable bonds is 5. The summed E-state index contributed by atoms with van der Waals surface area (Å²) in [6, 6.07) is 14.0. The lowest BCUT2D eigenvalue weighted by atomic mass is 10.2. The number of benzene rings is 2. The number of nitrogens with one attached hydrogen (secondary N) is 1. The van der Waals surface area contributed by atoms with Gasteiger partial charge in [0.2, 0.25) is 5.89 Å². The van der Waals surface area contributed by atoms with Gasteiger partial charge in [0.1, 0.15) is 5.75 Å². The number of amides is 1. The number of halogens is 1. The fourth-order valence-electron chi connectivity index (χ4n) is 2.04. The molecule has 24 heavy (non-hydrogen) atoms. The van der Waals surface area contributed by atoms with Gasteiger partial charge < -0.3 is 14.5 Å². The summed E-state index contributed by atoms with van der Waals surface area (Å²) >= 11 is 6.08. The summed E-state index contributed by atoms with van der Waals surface area (Å²) in [5.74, 6) is 0.288. The van der Waals surface area contributed by atoms with E-state index in [1.165, 1.54) is 0 Å². The lowest BCUT2D eigenvalue weighted by Crippen LogP contribution is -2.12. The second-order valence-electron chi connectivity index (χ2n) is 4.80. The molecule has 1 amide bonds. The highest BCUT2D eigenvalue weighted by molar-refractivity contribution is 6.33. The van der Waals surface area contributed by atoms with E-state index in [0.29, 0.717) is 22.9 Å². The highest BCUT2D eigenvalue weighted by Crippen LogP contribution is 2.26. The summed E-state index contributed by atoms with van der Waals surface area (Å²) in [6.07, 6.45) is 0. The molecular weight excluding hydrogens is 330 g/mol. The molecule has 0 fully saturated rings. The van der Waals surface area contributed by atoms with Crippen molar-refractivity contribution in [2.24, 2.45) is 0 Å². The third-order valence-corrected chi connectivity index (χ3v) is 3.48. The van der Waals surface area contributed by atoms with Crippen molar-refractivity contribution in [2.75, 3.05) is 11.9 Å². The average molecular weight is 344 g/mol. The Hall–Kier alpha value is -2.86. The highest BCUT2D eigenvalue weighted by Gasteiger charge is 2.17. The van der Waals surface area contributed by atoms with E-state index in [-0.39, 0.29) is 11.8 Å². The van der Waals surface area contributed by atoms with Crippen LogP contribution in [0, 0.1) is 0 Å². The minimum Gasteiger partial charge on any atom is -0.494 e. The van der Waals surface area contributed by atoms with Crippen LogP contribution in [0.3, 0.4) is 0 Å². The third kappa shape index (κ3) is 3.55. The van der Waals surface area contributed by atoms with Crippen LogP contribution in [0.2, 0.25) is 5.02 Å². The van der Waals surface area contributed by atoms with Gasteiger partial charge in [-0.05, 0) is 43.3 Å². The number of aromatic nitrogens is 2. The zero-order chi connectivity index (χ0) is 16.9. The zero-order valence-electron chi connectivity index (χ0n) is 12.8. The van der Waals surface area contributed by atoms with Crippen molar-refractivity contribution in [2.45, 2.75) is 6.92 Å². The second kappa shape index (κ2) is 7.14. The molecule has 0 radical (unpaired) electrons. The largest absolute Gasteiger partial charge is 0.494 e. The molecule has 2 aromatic carbocycles. The molecule has 1 N–H and O–H groups in total. The van der Waals surface area contributed by atoms with Crippen molar-refractivity contribution in [3.05, 3.63) is 59.4 Å². The summed E-state index contributed by atoms with van der Waals surface area (Å²) in [5, 5.41) is 10.8. The van der Waals surface area contributed by atoms with E-state index in [0.717, 1.165) is 5.75 Å². The number of ether oxygens (including phenoxy) is 1. The Morgan fingerprint density at radius 1 is 1.17 bits per heavy atom. The quantitative estimate of drug-likeness (QED) is 0.756. The molecule has 1 aromatic heterocycles. The lowest BCUT2D eigenvalue weighted by Gasteiger charge is -2.05. The van der Waals surface area contributed by atoms with Crippen LogP contribution in [0.25, 0.3) is 11.5 Å². The topological polar surface area (TPSA) is 77.2 Å². The molecule has 6 nitrogen and oxygen atoms in total. The number of nitrogens with zero attached hydrogens (tertiary/aromatic N) is 2. The minimum atomic E-state index is -0.495. The normalized spacial score (nSPS) is 10.4. The molecule has 1 heterocycles. The van der Waals surface area contributed by atoms with Crippen molar-refractivity contribution < 1.29 is 13.9 Å². The Morgan fingerprint density at radius 3 is 2.62 bits per heavy atom. The van der Waals surface area contributed by atoms with Gasteiger partial charge in [-0.15, -0.1) is 10.2 Å². The molecule has 0 unspecified atom stereocenters. The van der Waals surface area contributed by atoms with E-state index >= 15 is 0 Å². The SMILES string of the molecule is CCOc1ccc(NC(=O)c2nnc(-c3ccccc3Cl)o2)cc1. The predicted molar refractivity (Wildman–Crippen MR) is 90.3 cm³/mol. The Bertz CT molecular complexity index is 846. The predicted octanol–water partition coefficient (Wildman–Crippen LogP) is 4.04. The van der Waals surface area contributed by atoms with Crippen molar-refractivity contribution in [3.63, 3.8) is 0 Å². The van der Waals surface area contributed by atoms with E-state index in [9.17, 15) is 4.79 Å². The van der Waals surface area contributed by atoms with Gasteiger partial charge in [0, 0.05) is 5.69 Å². The van der Waals surface area contributed by atoms with Crippen molar-refractivity contribution in [1.29, 1.82) is 0 Å². The van der Waals surface area contributed by atoms with Gasteiger partial charge in [-0.1, -0.05) is 23.7 Å². The first-order valence-electron chi connectivity index (χ1n) is 7.30. The zero-order valence-corrected chi connectivity index (χ0v) is 13.6. The van der Waals surface area contributed by atoms with Crippen LogP contribution < -0.4 is 10.1 Å². The van der Waals surface area contributed by atoms with Gasteiger partial charge in [-0.2, -0.15) is 0 Å². The number of anilines is 1. The molecule has 3 aromatic rings. The van der Waals surface area contributed by atoms with Crippen LogP contribution in [0.5, 0.6) is 5.75 Å². The van der Waals surface area contributed by atoms with Crippen LogP contribution in [0.1, 0.15) is 17.6 Å². The molecule has 3 rings (SSSR count). The lowest BCUT2D eigenvalue weighted by molar-refractivity contribution is 0.0991. The van der Waals surface area contributed by atoms with Gasteiger partial charge >= 0.3 is 11.8 Å². The van der Waals surface area contributed by atoms with Crippen LogP contribution in [0.4, 0.5) is 5.69 Å². The van der Waals surface area contributed by atoms with Crippen LogP contribution >= 0.6 is 11.6 Å². The smallest absolute Gasteiger partial charge is 0.313 e. The summed E-state index contributed by atoms with van der Waals surface area (Å²) < 4.78 is 10.8. The molecule has 0 aliphatic heterocycles.